The van der Waals surface area contributed by atoms with Crippen molar-refractivity contribution in [1.82, 2.24) is 9.97 Å². The van der Waals surface area contributed by atoms with Crippen LogP contribution in [-0.4, -0.2) is 18.0 Å². The average Bonchev–Trinajstić information content (AvgIpc) is 3.58. The van der Waals surface area contributed by atoms with Gasteiger partial charge >= 0.3 is 0 Å². The summed E-state index contributed by atoms with van der Waals surface area (Å²) in [6.07, 6.45) is 3.98. The minimum absolute atomic E-state index is 0. The Balaban J connectivity index is 0.000000199. The molecule has 9 aromatic rings. The molecule has 5 heteroatoms. The van der Waals surface area contributed by atoms with E-state index in [1.807, 2.05) is 41.8 Å². The summed E-state index contributed by atoms with van der Waals surface area (Å²) in [6, 6.07) is 58.0. The summed E-state index contributed by atoms with van der Waals surface area (Å²) in [7, 11) is -1.34. The molecule has 0 N–H and O–H groups in total. The van der Waals surface area contributed by atoms with Crippen LogP contribution < -0.4 is 5.19 Å². The molecular weight excluding hydrogens is 881 g/mol. The minimum atomic E-state index is -1.34. The van der Waals surface area contributed by atoms with Gasteiger partial charge in [-0.05, 0) is 77.7 Å². The first-order valence-electron chi connectivity index (χ1n) is 18.6. The Labute approximate surface area is 343 Å². The van der Waals surface area contributed by atoms with Gasteiger partial charge in [0.2, 0.25) is 0 Å². The van der Waals surface area contributed by atoms with Gasteiger partial charge in [-0.1, -0.05) is 142 Å². The molecule has 0 aliphatic heterocycles. The maximum absolute atomic E-state index is 4.66. The van der Waals surface area contributed by atoms with Gasteiger partial charge in [-0.15, -0.1) is 59.7 Å². The first kappa shape index (κ1) is 38.2. The summed E-state index contributed by atoms with van der Waals surface area (Å²) < 4.78 is 2.54. The van der Waals surface area contributed by atoms with Gasteiger partial charge in [-0.25, -0.2) is 0 Å². The first-order chi connectivity index (χ1) is 26.2. The summed E-state index contributed by atoms with van der Waals surface area (Å²) in [4.78, 5) is 9.32. The number of hydrogen-bond donors (Lipinski definition) is 0. The molecule has 0 spiro atoms. The summed E-state index contributed by atoms with van der Waals surface area (Å²) in [5, 5.41) is 6.57. The van der Waals surface area contributed by atoms with Crippen molar-refractivity contribution in [2.24, 2.45) is 0 Å². The third kappa shape index (κ3) is 8.17. The fourth-order valence-electron chi connectivity index (χ4n) is 7.18. The van der Waals surface area contributed by atoms with Crippen molar-refractivity contribution in [3.63, 3.8) is 0 Å². The molecule has 1 radical (unpaired) electrons. The van der Waals surface area contributed by atoms with Gasteiger partial charge in [0.05, 0.1) is 8.07 Å². The summed E-state index contributed by atoms with van der Waals surface area (Å²) in [6.45, 7) is 11.7. The zero-order chi connectivity index (χ0) is 37.2. The van der Waals surface area contributed by atoms with Crippen molar-refractivity contribution in [3.05, 3.63) is 176 Å². The molecule has 0 bridgehead atoms. The van der Waals surface area contributed by atoms with E-state index < -0.39 is 8.07 Å². The van der Waals surface area contributed by atoms with Crippen LogP contribution in [0, 0.1) is 12.1 Å². The Morgan fingerprint density at radius 2 is 1.35 bits per heavy atom. The largest absolute Gasteiger partial charge is 0.305 e. The first-order valence-corrected chi connectivity index (χ1v) is 22.9. The Morgan fingerprint density at radius 3 is 2.13 bits per heavy atom. The zero-order valence-corrected chi connectivity index (χ0v) is 35.9. The fraction of sp³-hybridized carbons (Fsp3) is 0.120. The molecule has 55 heavy (non-hydrogen) atoms. The van der Waals surface area contributed by atoms with E-state index in [1.54, 1.807) is 0 Å². The second-order valence-corrected chi connectivity index (χ2v) is 21.2. The smallest absolute Gasteiger partial charge is 0.0799 e. The standard InChI is InChI=1S/C33H20NS.C17H22NSi.Ir/c1-2-7-22(8-3-1)24-17-18-34-31(20-24)26-14-16-32-30(19-26)29-15-13-25(21-33(29)35-32)28-12-6-10-23-9-4-5-11-27(23)28;1-13(2)15-11-16(14-9-7-6-8-10-14)18-12-17(15)19(3,4)5;/h1-13,15-21H;6-9,11-13H,1-5H3;/q2*-1;. The molecule has 0 aliphatic carbocycles. The monoisotopic (exact) mass is 923 g/mol. The van der Waals surface area contributed by atoms with E-state index in [0.717, 1.165) is 22.5 Å². The van der Waals surface area contributed by atoms with E-state index in [1.165, 1.54) is 63.9 Å². The number of aromatic nitrogens is 2. The van der Waals surface area contributed by atoms with Crippen molar-refractivity contribution in [3.8, 4) is 44.8 Å². The van der Waals surface area contributed by atoms with Crippen LogP contribution in [0.4, 0.5) is 0 Å². The fourth-order valence-corrected chi connectivity index (χ4v) is 9.96. The van der Waals surface area contributed by atoms with Crippen LogP contribution >= 0.6 is 11.3 Å². The zero-order valence-electron chi connectivity index (χ0n) is 31.7. The van der Waals surface area contributed by atoms with Crippen LogP contribution in [0.3, 0.4) is 0 Å². The van der Waals surface area contributed by atoms with E-state index in [0.29, 0.717) is 5.92 Å². The molecule has 0 aliphatic rings. The van der Waals surface area contributed by atoms with Gasteiger partial charge in [-0.2, -0.15) is 11.3 Å². The number of benzene rings is 6. The molecule has 0 amide bonds. The number of nitrogens with zero attached hydrogens (tertiary/aromatic N) is 2. The molecule has 9 rings (SSSR count). The van der Waals surface area contributed by atoms with Crippen molar-refractivity contribution in [2.45, 2.75) is 39.4 Å². The number of hydrogen-bond acceptors (Lipinski definition) is 3. The van der Waals surface area contributed by atoms with E-state index in [2.05, 4.69) is 183 Å². The van der Waals surface area contributed by atoms with Crippen molar-refractivity contribution in [2.75, 3.05) is 0 Å². The second kappa shape index (κ2) is 16.4. The molecule has 0 atom stereocenters. The molecule has 0 fully saturated rings. The quantitative estimate of drug-likeness (QED) is 0.123. The van der Waals surface area contributed by atoms with Gasteiger partial charge in [-0.3, -0.25) is 0 Å². The minimum Gasteiger partial charge on any atom is -0.305 e. The van der Waals surface area contributed by atoms with Gasteiger partial charge in [0.25, 0.3) is 0 Å². The molecule has 0 saturated carbocycles. The average molecular weight is 923 g/mol. The van der Waals surface area contributed by atoms with Crippen LogP contribution in [0.25, 0.3) is 75.7 Å². The second-order valence-electron chi connectivity index (χ2n) is 15.1. The van der Waals surface area contributed by atoms with E-state index in [9.17, 15) is 0 Å². The predicted molar refractivity (Wildman–Crippen MR) is 235 cm³/mol. The van der Waals surface area contributed by atoms with Gasteiger partial charge < -0.3 is 9.97 Å². The molecule has 0 unspecified atom stereocenters. The molecule has 6 aromatic carbocycles. The number of rotatable bonds is 6. The van der Waals surface area contributed by atoms with Crippen LogP contribution in [0.15, 0.2) is 158 Å². The van der Waals surface area contributed by atoms with Crippen LogP contribution in [0.5, 0.6) is 0 Å². The third-order valence-corrected chi connectivity index (χ3v) is 13.1. The number of pyridine rings is 2. The normalized spacial score (nSPS) is 11.4. The van der Waals surface area contributed by atoms with E-state index >= 15 is 0 Å². The van der Waals surface area contributed by atoms with E-state index in [-0.39, 0.29) is 20.1 Å². The summed E-state index contributed by atoms with van der Waals surface area (Å²) in [5.41, 5.74) is 10.4. The number of fused-ring (bicyclic) bond motifs is 4. The van der Waals surface area contributed by atoms with Crippen molar-refractivity contribution < 1.29 is 20.1 Å². The van der Waals surface area contributed by atoms with Crippen LogP contribution in [0.2, 0.25) is 19.6 Å². The SMILES string of the molecule is CC(C)c1cc(-c2[c-]cccc2)ncc1[Si](C)(C)C.[Ir].[c-]1cc2sc3cc(-c4cccc5ccccc45)ccc3c2cc1-c1cc(-c2ccccc2)ccn1. The topological polar surface area (TPSA) is 25.8 Å². The maximum atomic E-state index is 4.66. The van der Waals surface area contributed by atoms with Crippen molar-refractivity contribution in [1.29, 1.82) is 0 Å². The van der Waals surface area contributed by atoms with Crippen LogP contribution in [-0.2, 0) is 20.1 Å². The molecule has 273 valence electrons. The third-order valence-electron chi connectivity index (χ3n) is 10.00. The molecule has 2 nitrogen and oxygen atoms in total. The summed E-state index contributed by atoms with van der Waals surface area (Å²) in [5.74, 6) is 0.534. The van der Waals surface area contributed by atoms with Gasteiger partial charge in [0.1, 0.15) is 0 Å². The van der Waals surface area contributed by atoms with Gasteiger partial charge in [0.15, 0.2) is 0 Å². The van der Waals surface area contributed by atoms with Crippen molar-refractivity contribution >= 4 is 55.5 Å². The molecular formula is C50H42IrN2SSi-2. The van der Waals surface area contributed by atoms with E-state index in [4.69, 9.17) is 0 Å². The Bertz CT molecular complexity index is 2730. The van der Waals surface area contributed by atoms with Crippen LogP contribution in [0.1, 0.15) is 25.3 Å². The maximum Gasteiger partial charge on any atom is 0.0799 e. The molecule has 3 aromatic heterocycles. The Hall–Kier alpha value is -5.03. The number of thiophene rings is 1. The predicted octanol–water partition coefficient (Wildman–Crippen LogP) is 13.6. The Kier molecular flexibility index (Phi) is 11.4. The Morgan fingerprint density at radius 1 is 0.582 bits per heavy atom. The van der Waals surface area contributed by atoms with Gasteiger partial charge in [0, 0.05) is 37.2 Å². The molecule has 3 heterocycles. The molecule has 0 saturated heterocycles. The summed E-state index contributed by atoms with van der Waals surface area (Å²) >= 11 is 1.83.